The predicted octanol–water partition coefficient (Wildman–Crippen LogP) is 2.32. The molecule has 19 heavy (non-hydrogen) atoms. The van der Waals surface area contributed by atoms with Crippen LogP contribution in [-0.4, -0.2) is 35.6 Å². The molecule has 0 saturated heterocycles. The summed E-state index contributed by atoms with van der Waals surface area (Å²) in [5, 5.41) is 13.6. The van der Waals surface area contributed by atoms with Gasteiger partial charge in [0, 0.05) is 18.5 Å². The van der Waals surface area contributed by atoms with Gasteiger partial charge in [-0.2, -0.15) is 0 Å². The maximum atomic E-state index is 12.0. The number of rotatable bonds is 5. The molecule has 5 nitrogen and oxygen atoms in total. The van der Waals surface area contributed by atoms with Crippen LogP contribution in [-0.2, 0) is 4.79 Å². The Balaban J connectivity index is 1.92. The van der Waals surface area contributed by atoms with E-state index in [0.717, 1.165) is 12.8 Å². The molecule has 0 bridgehead atoms. The zero-order valence-electron chi connectivity index (χ0n) is 10.8. The zero-order valence-corrected chi connectivity index (χ0v) is 11.7. The Morgan fingerprint density at radius 3 is 2.79 bits per heavy atom. The quantitative estimate of drug-likeness (QED) is 0.870. The monoisotopic (exact) mass is 282 g/mol. The average Bonchev–Trinajstić information content (AvgIpc) is 2.83. The number of amides is 2. The predicted molar refractivity (Wildman–Crippen MR) is 73.2 cm³/mol. The van der Waals surface area contributed by atoms with Crippen LogP contribution in [0, 0.1) is 5.92 Å². The van der Waals surface area contributed by atoms with Gasteiger partial charge in [0.15, 0.2) is 6.04 Å². The number of carboxylic acid groups (broad SMARTS) is 1. The molecule has 1 atom stereocenters. The second kappa shape index (κ2) is 6.06. The van der Waals surface area contributed by atoms with Crippen LogP contribution in [0.15, 0.2) is 17.5 Å². The smallest absolute Gasteiger partial charge is 0.331 e. The molecule has 1 fully saturated rings. The Morgan fingerprint density at radius 2 is 2.32 bits per heavy atom. The van der Waals surface area contributed by atoms with Crippen molar-refractivity contribution in [3.8, 4) is 0 Å². The summed E-state index contributed by atoms with van der Waals surface area (Å²) < 4.78 is 0. The number of hydrogen-bond donors (Lipinski definition) is 2. The first-order valence-corrected chi connectivity index (χ1v) is 7.23. The molecule has 0 radical (unpaired) electrons. The lowest BCUT2D eigenvalue weighted by Crippen LogP contribution is -2.44. The van der Waals surface area contributed by atoms with Crippen molar-refractivity contribution in [1.29, 1.82) is 0 Å². The summed E-state index contributed by atoms with van der Waals surface area (Å²) >= 11 is 1.33. The third-order valence-electron chi connectivity index (χ3n) is 3.45. The second-order valence-electron chi connectivity index (χ2n) is 4.91. The molecule has 1 heterocycles. The first-order valence-electron chi connectivity index (χ1n) is 6.35. The van der Waals surface area contributed by atoms with Gasteiger partial charge in [-0.1, -0.05) is 12.5 Å². The Bertz CT molecular complexity index is 443. The fourth-order valence-corrected chi connectivity index (χ4v) is 2.86. The van der Waals surface area contributed by atoms with Crippen LogP contribution in [0.5, 0.6) is 0 Å². The lowest BCUT2D eigenvalue weighted by molar-refractivity contribution is -0.139. The molecule has 104 valence electrons. The number of thiophene rings is 1. The highest BCUT2D eigenvalue weighted by Crippen LogP contribution is 2.27. The Morgan fingerprint density at radius 1 is 1.58 bits per heavy atom. The molecule has 1 aromatic heterocycles. The van der Waals surface area contributed by atoms with Gasteiger partial charge in [-0.05, 0) is 30.2 Å². The summed E-state index contributed by atoms with van der Waals surface area (Å²) in [6, 6.07) is 2.21. The van der Waals surface area contributed by atoms with Crippen LogP contribution in [0.4, 0.5) is 4.79 Å². The number of carbonyl (C=O) groups excluding carboxylic acids is 1. The fourth-order valence-electron chi connectivity index (χ4n) is 2.09. The highest BCUT2D eigenvalue weighted by molar-refractivity contribution is 7.10. The van der Waals surface area contributed by atoms with E-state index in [9.17, 15) is 14.7 Å². The first-order chi connectivity index (χ1) is 9.08. The van der Waals surface area contributed by atoms with Gasteiger partial charge in [0.05, 0.1) is 0 Å². The van der Waals surface area contributed by atoms with Crippen molar-refractivity contribution in [2.24, 2.45) is 5.92 Å². The summed E-state index contributed by atoms with van der Waals surface area (Å²) in [7, 11) is 1.71. The molecule has 1 unspecified atom stereocenters. The third kappa shape index (κ3) is 3.47. The van der Waals surface area contributed by atoms with E-state index in [1.807, 2.05) is 0 Å². The van der Waals surface area contributed by atoms with Crippen molar-refractivity contribution in [3.05, 3.63) is 22.4 Å². The van der Waals surface area contributed by atoms with E-state index < -0.39 is 12.0 Å². The Labute approximate surface area is 116 Å². The van der Waals surface area contributed by atoms with Crippen LogP contribution in [0.1, 0.15) is 30.2 Å². The van der Waals surface area contributed by atoms with E-state index in [1.54, 1.807) is 29.5 Å². The van der Waals surface area contributed by atoms with Gasteiger partial charge in [-0.3, -0.25) is 0 Å². The SMILES string of the molecule is CN(CC1CCC1)C(=O)NC(C(=O)O)c1cccs1. The number of hydrogen-bond acceptors (Lipinski definition) is 3. The average molecular weight is 282 g/mol. The summed E-state index contributed by atoms with van der Waals surface area (Å²) in [5.74, 6) is -0.464. The molecule has 2 N–H and O–H groups in total. The van der Waals surface area contributed by atoms with Gasteiger partial charge < -0.3 is 15.3 Å². The molecule has 1 aliphatic rings. The molecule has 6 heteroatoms. The highest BCUT2D eigenvalue weighted by atomic mass is 32.1. The molecule has 2 rings (SSSR count). The van der Waals surface area contributed by atoms with Crippen LogP contribution in [0.2, 0.25) is 0 Å². The zero-order chi connectivity index (χ0) is 13.8. The van der Waals surface area contributed by atoms with E-state index in [2.05, 4.69) is 5.32 Å². The van der Waals surface area contributed by atoms with Crippen LogP contribution < -0.4 is 5.32 Å². The van der Waals surface area contributed by atoms with Gasteiger partial charge in [0.1, 0.15) is 0 Å². The Hall–Kier alpha value is -1.56. The highest BCUT2D eigenvalue weighted by Gasteiger charge is 2.26. The van der Waals surface area contributed by atoms with Crippen LogP contribution in [0.25, 0.3) is 0 Å². The maximum absolute atomic E-state index is 12.0. The third-order valence-corrected chi connectivity index (χ3v) is 4.38. The standard InChI is InChI=1S/C13H18N2O3S/c1-15(8-9-4-2-5-9)13(18)14-11(12(16)17)10-6-3-7-19-10/h3,6-7,9,11H,2,4-5,8H2,1H3,(H,14,18)(H,16,17). The number of carbonyl (C=O) groups is 2. The van der Waals surface area contributed by atoms with E-state index in [1.165, 1.54) is 17.8 Å². The first kappa shape index (κ1) is 13.9. The summed E-state index contributed by atoms with van der Waals surface area (Å²) in [6.07, 6.45) is 3.54. The molecular weight excluding hydrogens is 264 g/mol. The maximum Gasteiger partial charge on any atom is 0.331 e. The van der Waals surface area contributed by atoms with Gasteiger partial charge in [0.25, 0.3) is 0 Å². The largest absolute Gasteiger partial charge is 0.479 e. The van der Waals surface area contributed by atoms with Crippen molar-refractivity contribution in [1.82, 2.24) is 10.2 Å². The van der Waals surface area contributed by atoms with Crippen molar-refractivity contribution in [2.45, 2.75) is 25.3 Å². The van der Waals surface area contributed by atoms with E-state index in [4.69, 9.17) is 0 Å². The minimum absolute atomic E-state index is 0.326. The molecular formula is C13H18N2O3S. The van der Waals surface area contributed by atoms with Crippen LogP contribution in [0.3, 0.4) is 0 Å². The second-order valence-corrected chi connectivity index (χ2v) is 5.89. The number of nitrogens with one attached hydrogen (secondary N) is 1. The molecule has 0 aliphatic heterocycles. The van der Waals surface area contributed by atoms with E-state index >= 15 is 0 Å². The lowest BCUT2D eigenvalue weighted by Gasteiger charge is -2.30. The van der Waals surface area contributed by atoms with E-state index in [0.29, 0.717) is 17.3 Å². The molecule has 1 aromatic rings. The molecule has 1 aliphatic carbocycles. The number of urea groups is 1. The molecule has 0 spiro atoms. The van der Waals surface area contributed by atoms with Gasteiger partial charge in [-0.25, -0.2) is 9.59 Å². The normalized spacial score (nSPS) is 16.5. The van der Waals surface area contributed by atoms with Crippen molar-refractivity contribution in [3.63, 3.8) is 0 Å². The number of carboxylic acids is 1. The number of aliphatic carboxylic acids is 1. The summed E-state index contributed by atoms with van der Waals surface area (Å²) in [4.78, 5) is 25.4. The molecule has 2 amide bonds. The van der Waals surface area contributed by atoms with Gasteiger partial charge in [-0.15, -0.1) is 11.3 Å². The molecule has 0 aromatic carbocycles. The molecule has 1 saturated carbocycles. The van der Waals surface area contributed by atoms with Crippen LogP contribution >= 0.6 is 11.3 Å². The Kier molecular flexibility index (Phi) is 4.42. The fraction of sp³-hybridized carbons (Fsp3) is 0.538. The van der Waals surface area contributed by atoms with Gasteiger partial charge in [0.2, 0.25) is 0 Å². The van der Waals surface area contributed by atoms with Crippen molar-refractivity contribution in [2.75, 3.05) is 13.6 Å². The minimum Gasteiger partial charge on any atom is -0.479 e. The van der Waals surface area contributed by atoms with Crippen molar-refractivity contribution < 1.29 is 14.7 Å². The van der Waals surface area contributed by atoms with Gasteiger partial charge >= 0.3 is 12.0 Å². The van der Waals surface area contributed by atoms with E-state index in [-0.39, 0.29) is 6.03 Å². The number of nitrogens with zero attached hydrogens (tertiary/aromatic N) is 1. The lowest BCUT2D eigenvalue weighted by atomic mass is 9.85. The topological polar surface area (TPSA) is 69.6 Å². The summed E-state index contributed by atoms with van der Waals surface area (Å²) in [6.45, 7) is 0.697. The minimum atomic E-state index is -1.03. The summed E-state index contributed by atoms with van der Waals surface area (Å²) in [5.41, 5.74) is 0. The van der Waals surface area contributed by atoms with Crippen molar-refractivity contribution >= 4 is 23.3 Å².